The Balaban J connectivity index is 0.00000338. The highest BCUT2D eigenvalue weighted by atomic mass is 127. The molecule has 0 saturated heterocycles. The Morgan fingerprint density at radius 3 is 2.81 bits per heavy atom. The van der Waals surface area contributed by atoms with Gasteiger partial charge in [-0.3, -0.25) is 0 Å². The van der Waals surface area contributed by atoms with Crippen LogP contribution in [0, 0.1) is 5.82 Å². The summed E-state index contributed by atoms with van der Waals surface area (Å²) in [7, 11) is 0. The molecule has 0 aliphatic heterocycles. The van der Waals surface area contributed by atoms with Crippen LogP contribution in [-0.2, 0) is 6.54 Å². The lowest BCUT2D eigenvalue weighted by Crippen LogP contribution is -2.37. The van der Waals surface area contributed by atoms with Gasteiger partial charge < -0.3 is 15.2 Å². The van der Waals surface area contributed by atoms with E-state index < -0.39 is 0 Å². The van der Waals surface area contributed by atoms with Crippen molar-refractivity contribution in [2.24, 2.45) is 4.99 Å². The van der Waals surface area contributed by atoms with E-state index in [2.05, 4.69) is 26.9 Å². The van der Waals surface area contributed by atoms with Crippen molar-refractivity contribution < 1.29 is 4.39 Å². The molecule has 0 radical (unpaired) electrons. The molecule has 8 heteroatoms. The number of imidazole rings is 1. The molecule has 0 spiro atoms. The molecule has 26 heavy (non-hydrogen) atoms. The molecule has 0 atom stereocenters. The smallest absolute Gasteiger partial charge is 0.191 e. The number of unbranched alkanes of at least 4 members (excludes halogenated alkanes) is 1. The van der Waals surface area contributed by atoms with Crippen LogP contribution in [0.2, 0.25) is 0 Å². The molecule has 5 nitrogen and oxygen atoms in total. The molecule has 0 fully saturated rings. The molecule has 1 aromatic carbocycles. The maximum absolute atomic E-state index is 14.3. The van der Waals surface area contributed by atoms with Gasteiger partial charge in [0.25, 0.3) is 0 Å². The van der Waals surface area contributed by atoms with E-state index in [9.17, 15) is 4.39 Å². The quantitative estimate of drug-likeness (QED) is 0.242. The van der Waals surface area contributed by atoms with E-state index >= 15 is 0 Å². The van der Waals surface area contributed by atoms with Gasteiger partial charge in [0.1, 0.15) is 5.82 Å². The average molecular weight is 491 g/mol. The molecule has 0 unspecified atom stereocenters. The van der Waals surface area contributed by atoms with Crippen molar-refractivity contribution in [2.45, 2.75) is 26.3 Å². The number of aromatic nitrogens is 2. The summed E-state index contributed by atoms with van der Waals surface area (Å²) in [5.74, 6) is 1.67. The Bertz CT molecular complexity index is 664. The van der Waals surface area contributed by atoms with Crippen molar-refractivity contribution in [1.82, 2.24) is 20.2 Å². The Hall–Kier alpha value is -1.29. The van der Waals surface area contributed by atoms with E-state index in [1.165, 1.54) is 18.2 Å². The van der Waals surface area contributed by atoms with Crippen molar-refractivity contribution in [2.75, 3.05) is 25.1 Å². The van der Waals surface area contributed by atoms with Gasteiger partial charge in [0, 0.05) is 25.5 Å². The van der Waals surface area contributed by atoms with Gasteiger partial charge in [-0.1, -0.05) is 6.07 Å². The summed E-state index contributed by atoms with van der Waals surface area (Å²) >= 11 is 1.86. The zero-order chi connectivity index (χ0) is 17.9. The largest absolute Gasteiger partial charge is 0.357 e. The minimum atomic E-state index is -0.277. The topological polar surface area (TPSA) is 54.2 Å². The predicted octanol–water partition coefficient (Wildman–Crippen LogP) is 3.83. The minimum absolute atomic E-state index is 0. The molecule has 0 aliphatic carbocycles. The fourth-order valence-corrected chi connectivity index (χ4v) is 2.84. The molecule has 2 rings (SSSR count). The number of rotatable bonds is 9. The summed E-state index contributed by atoms with van der Waals surface area (Å²) in [4.78, 5) is 8.48. The van der Waals surface area contributed by atoms with Crippen LogP contribution >= 0.6 is 35.7 Å². The van der Waals surface area contributed by atoms with Crippen molar-refractivity contribution >= 4 is 41.7 Å². The molecule has 0 aliphatic rings. The van der Waals surface area contributed by atoms with Gasteiger partial charge in [0.05, 0.1) is 18.6 Å². The number of nitrogens with zero attached hydrogens (tertiary/aromatic N) is 3. The van der Waals surface area contributed by atoms with E-state index in [0.29, 0.717) is 12.2 Å². The lowest BCUT2D eigenvalue weighted by Gasteiger charge is -2.11. The fraction of sp³-hybridized carbons (Fsp3) is 0.444. The van der Waals surface area contributed by atoms with Crippen molar-refractivity contribution in [3.63, 3.8) is 0 Å². The Morgan fingerprint density at radius 2 is 2.15 bits per heavy atom. The molecular formula is C18H27FIN5S. The van der Waals surface area contributed by atoms with Crippen LogP contribution in [0.4, 0.5) is 4.39 Å². The summed E-state index contributed by atoms with van der Waals surface area (Å²) in [6.07, 6.45) is 9.36. The van der Waals surface area contributed by atoms with Gasteiger partial charge in [-0.2, -0.15) is 11.8 Å². The monoisotopic (exact) mass is 491 g/mol. The Labute approximate surface area is 176 Å². The van der Waals surface area contributed by atoms with Gasteiger partial charge in [0.15, 0.2) is 5.96 Å². The molecule has 0 amide bonds. The molecule has 2 N–H and O–H groups in total. The zero-order valence-corrected chi connectivity index (χ0v) is 18.4. The SMILES string of the molecule is CCNC(=NCc1ccc(-n2ccnc2)c(F)c1)NCCCCSC.I. The molecule has 0 saturated carbocycles. The second-order valence-corrected chi connectivity index (χ2v) is 6.56. The number of guanidine groups is 1. The van der Waals surface area contributed by atoms with Crippen LogP contribution in [0.1, 0.15) is 25.3 Å². The third-order valence-corrected chi connectivity index (χ3v) is 4.32. The predicted molar refractivity (Wildman–Crippen MR) is 119 cm³/mol. The first-order valence-corrected chi connectivity index (χ1v) is 9.92. The fourth-order valence-electron chi connectivity index (χ4n) is 2.35. The van der Waals surface area contributed by atoms with E-state index in [4.69, 9.17) is 0 Å². The highest BCUT2D eigenvalue weighted by molar-refractivity contribution is 14.0. The first kappa shape index (κ1) is 22.8. The second kappa shape index (κ2) is 13.0. The first-order chi connectivity index (χ1) is 12.2. The van der Waals surface area contributed by atoms with E-state index in [-0.39, 0.29) is 29.8 Å². The van der Waals surface area contributed by atoms with Crippen LogP contribution in [0.25, 0.3) is 5.69 Å². The number of halogens is 2. The minimum Gasteiger partial charge on any atom is -0.357 e. The first-order valence-electron chi connectivity index (χ1n) is 8.52. The number of hydrogen-bond acceptors (Lipinski definition) is 3. The molecule has 0 bridgehead atoms. The van der Waals surface area contributed by atoms with Crippen LogP contribution in [-0.4, -0.2) is 40.6 Å². The van der Waals surface area contributed by atoms with Crippen LogP contribution in [0.3, 0.4) is 0 Å². The average Bonchev–Trinajstić information content (AvgIpc) is 3.13. The van der Waals surface area contributed by atoms with E-state index in [1.807, 2.05) is 24.8 Å². The number of aliphatic imine (C=N–C) groups is 1. The molecule has 144 valence electrons. The summed E-state index contributed by atoms with van der Waals surface area (Å²) in [6.45, 7) is 4.15. The Kier molecular flexibility index (Phi) is 11.3. The van der Waals surface area contributed by atoms with Crippen molar-refractivity contribution in [3.05, 3.63) is 48.3 Å². The standard InChI is InChI=1S/C18H26FN5S.HI/c1-3-21-18(22-8-4-5-11-25-2)23-13-15-6-7-17(16(19)12-15)24-10-9-20-14-24;/h6-7,9-10,12,14H,3-5,8,11,13H2,1-2H3,(H2,21,22,23);1H. The van der Waals surface area contributed by atoms with Gasteiger partial charge >= 0.3 is 0 Å². The van der Waals surface area contributed by atoms with Crippen LogP contribution in [0.5, 0.6) is 0 Å². The zero-order valence-electron chi connectivity index (χ0n) is 15.2. The maximum Gasteiger partial charge on any atom is 0.191 e. The number of nitrogens with one attached hydrogen (secondary N) is 2. The summed E-state index contributed by atoms with van der Waals surface area (Å²) < 4.78 is 15.9. The van der Waals surface area contributed by atoms with Gasteiger partial charge in [-0.15, -0.1) is 24.0 Å². The highest BCUT2D eigenvalue weighted by Gasteiger charge is 2.05. The van der Waals surface area contributed by atoms with Crippen molar-refractivity contribution in [3.8, 4) is 5.69 Å². The second-order valence-electron chi connectivity index (χ2n) is 5.58. The third-order valence-electron chi connectivity index (χ3n) is 3.63. The normalized spacial score (nSPS) is 11.1. The molecule has 2 aromatic rings. The van der Waals surface area contributed by atoms with Gasteiger partial charge in [-0.05, 0) is 49.5 Å². The number of benzene rings is 1. The summed E-state index contributed by atoms with van der Waals surface area (Å²) in [6, 6.07) is 5.18. The number of hydrogen-bond donors (Lipinski definition) is 2. The third kappa shape index (κ3) is 7.53. The number of thioether (sulfide) groups is 1. The molecule has 1 aromatic heterocycles. The molecular weight excluding hydrogens is 464 g/mol. The van der Waals surface area contributed by atoms with Gasteiger partial charge in [0.2, 0.25) is 0 Å². The highest BCUT2D eigenvalue weighted by Crippen LogP contribution is 2.15. The summed E-state index contributed by atoms with van der Waals surface area (Å²) in [5.41, 5.74) is 1.32. The lowest BCUT2D eigenvalue weighted by molar-refractivity contribution is 0.615. The van der Waals surface area contributed by atoms with Crippen LogP contribution < -0.4 is 10.6 Å². The maximum atomic E-state index is 14.3. The van der Waals surface area contributed by atoms with E-state index in [0.717, 1.165) is 31.0 Å². The molecule has 1 heterocycles. The van der Waals surface area contributed by atoms with E-state index in [1.54, 1.807) is 29.4 Å². The Morgan fingerprint density at radius 1 is 1.31 bits per heavy atom. The summed E-state index contributed by atoms with van der Waals surface area (Å²) in [5, 5.41) is 6.54. The van der Waals surface area contributed by atoms with Crippen LogP contribution in [0.15, 0.2) is 41.9 Å². The lowest BCUT2D eigenvalue weighted by atomic mass is 10.2. The van der Waals surface area contributed by atoms with Gasteiger partial charge in [-0.25, -0.2) is 14.4 Å². The van der Waals surface area contributed by atoms with Crippen molar-refractivity contribution in [1.29, 1.82) is 0 Å².